The molecule has 0 heterocycles. The maximum Gasteiger partial charge on any atom is 0.176 e. The molecule has 0 radical (unpaired) electrons. The molecule has 130 valence electrons. The van der Waals surface area contributed by atoms with Gasteiger partial charge in [-0.3, -0.25) is 0 Å². The molecule has 8 heteroatoms. The fraction of sp³-hybridized carbons (Fsp3) is 0.250. The SMILES string of the molecule is CC(Sc1ccc(S(C)(=O)=O)cc1S(C)(=O)=O)c1ccc(F)cc1. The topological polar surface area (TPSA) is 68.3 Å². The number of benzene rings is 2. The number of rotatable bonds is 5. The quantitative estimate of drug-likeness (QED) is 0.734. The molecule has 0 spiro atoms. The number of hydrogen-bond donors (Lipinski definition) is 0. The van der Waals surface area contributed by atoms with Gasteiger partial charge in [0.2, 0.25) is 0 Å². The molecule has 0 aliphatic heterocycles. The monoisotopic (exact) mass is 388 g/mol. The minimum absolute atomic E-state index is 0.0237. The minimum Gasteiger partial charge on any atom is -0.224 e. The third-order valence-corrected chi connectivity index (χ3v) is 7.00. The Morgan fingerprint density at radius 3 is 2.00 bits per heavy atom. The van der Waals surface area contributed by atoms with Crippen molar-refractivity contribution in [3.63, 3.8) is 0 Å². The summed E-state index contributed by atoms with van der Waals surface area (Å²) in [5.41, 5.74) is 0.841. The zero-order valence-corrected chi connectivity index (χ0v) is 15.8. The summed E-state index contributed by atoms with van der Waals surface area (Å²) in [5, 5.41) is -0.129. The molecule has 0 aliphatic carbocycles. The van der Waals surface area contributed by atoms with Gasteiger partial charge in [0.25, 0.3) is 0 Å². The largest absolute Gasteiger partial charge is 0.224 e. The second kappa shape index (κ2) is 6.85. The molecular formula is C16H17FO4S3. The van der Waals surface area contributed by atoms with Crippen molar-refractivity contribution in [1.29, 1.82) is 0 Å². The van der Waals surface area contributed by atoms with E-state index in [1.54, 1.807) is 12.1 Å². The number of sulfone groups is 2. The average molecular weight is 389 g/mol. The lowest BCUT2D eigenvalue weighted by Gasteiger charge is -2.15. The number of hydrogen-bond acceptors (Lipinski definition) is 5. The minimum atomic E-state index is -3.60. The van der Waals surface area contributed by atoms with Crippen LogP contribution < -0.4 is 0 Å². The summed E-state index contributed by atoms with van der Waals surface area (Å²) >= 11 is 1.28. The highest BCUT2D eigenvalue weighted by molar-refractivity contribution is 8.00. The van der Waals surface area contributed by atoms with Crippen LogP contribution in [0.4, 0.5) is 4.39 Å². The van der Waals surface area contributed by atoms with Crippen LogP contribution in [0.5, 0.6) is 0 Å². The third-order valence-electron chi connectivity index (χ3n) is 3.39. The first-order chi connectivity index (χ1) is 11.0. The molecule has 1 atom stereocenters. The van der Waals surface area contributed by atoms with Gasteiger partial charge in [0.15, 0.2) is 19.7 Å². The average Bonchev–Trinajstić information content (AvgIpc) is 2.46. The third kappa shape index (κ3) is 4.58. The van der Waals surface area contributed by atoms with E-state index in [4.69, 9.17) is 0 Å². The van der Waals surface area contributed by atoms with Gasteiger partial charge in [0.1, 0.15) is 5.82 Å². The van der Waals surface area contributed by atoms with Gasteiger partial charge < -0.3 is 0 Å². The van der Waals surface area contributed by atoms with Gasteiger partial charge in [-0.15, -0.1) is 11.8 Å². The Labute approximate surface area is 145 Å². The molecule has 4 nitrogen and oxygen atoms in total. The summed E-state index contributed by atoms with van der Waals surface area (Å²) in [6.07, 6.45) is 2.07. The molecule has 0 fully saturated rings. The van der Waals surface area contributed by atoms with E-state index in [1.807, 2.05) is 6.92 Å². The molecular weight excluding hydrogens is 371 g/mol. The Kier molecular flexibility index (Phi) is 5.41. The van der Waals surface area contributed by atoms with E-state index < -0.39 is 19.7 Å². The van der Waals surface area contributed by atoms with E-state index in [-0.39, 0.29) is 20.9 Å². The Hall–Kier alpha value is -1.38. The molecule has 0 aliphatic rings. The van der Waals surface area contributed by atoms with E-state index in [1.165, 1.54) is 42.1 Å². The van der Waals surface area contributed by atoms with E-state index >= 15 is 0 Å². The van der Waals surface area contributed by atoms with Crippen LogP contribution in [0.1, 0.15) is 17.7 Å². The maximum atomic E-state index is 13.0. The van der Waals surface area contributed by atoms with Gasteiger partial charge >= 0.3 is 0 Å². The molecule has 0 bridgehead atoms. The van der Waals surface area contributed by atoms with Crippen molar-refractivity contribution in [3.05, 3.63) is 53.8 Å². The van der Waals surface area contributed by atoms with Crippen LogP contribution in [-0.2, 0) is 19.7 Å². The molecule has 1 unspecified atom stereocenters. The lowest BCUT2D eigenvalue weighted by atomic mass is 10.2. The lowest BCUT2D eigenvalue weighted by Crippen LogP contribution is -2.04. The summed E-state index contributed by atoms with van der Waals surface area (Å²) in [7, 11) is -7.10. The predicted octanol–water partition coefficient (Wildman–Crippen LogP) is 3.49. The Morgan fingerprint density at radius 1 is 0.917 bits per heavy atom. The van der Waals surface area contributed by atoms with Crippen LogP contribution in [-0.4, -0.2) is 29.3 Å². The molecule has 2 rings (SSSR count). The Morgan fingerprint density at radius 2 is 1.50 bits per heavy atom. The fourth-order valence-electron chi connectivity index (χ4n) is 2.10. The highest BCUT2D eigenvalue weighted by Crippen LogP contribution is 2.38. The van der Waals surface area contributed by atoms with Gasteiger partial charge in [-0.1, -0.05) is 12.1 Å². The predicted molar refractivity (Wildman–Crippen MR) is 93.3 cm³/mol. The van der Waals surface area contributed by atoms with E-state index in [2.05, 4.69) is 0 Å². The van der Waals surface area contributed by atoms with Crippen molar-refractivity contribution in [2.24, 2.45) is 0 Å². The van der Waals surface area contributed by atoms with Gasteiger partial charge in [0, 0.05) is 22.7 Å². The molecule has 0 amide bonds. The Balaban J connectivity index is 2.44. The maximum absolute atomic E-state index is 13.0. The van der Waals surface area contributed by atoms with Crippen molar-refractivity contribution >= 4 is 31.4 Å². The summed E-state index contributed by atoms with van der Waals surface area (Å²) < 4.78 is 60.4. The van der Waals surface area contributed by atoms with Crippen molar-refractivity contribution in [2.45, 2.75) is 26.9 Å². The summed E-state index contributed by atoms with van der Waals surface area (Å²) in [6.45, 7) is 1.87. The van der Waals surface area contributed by atoms with Gasteiger partial charge in [-0.25, -0.2) is 21.2 Å². The molecule has 0 aromatic heterocycles. The van der Waals surface area contributed by atoms with Crippen LogP contribution in [0.25, 0.3) is 0 Å². The van der Waals surface area contributed by atoms with Gasteiger partial charge in [-0.05, 0) is 42.8 Å². The normalized spacial score (nSPS) is 13.7. The standard InChI is InChI=1S/C16H17FO4S3/c1-11(12-4-6-13(17)7-5-12)22-15-9-8-14(23(2,18)19)10-16(15)24(3,20)21/h4-11H,1-3H3. The van der Waals surface area contributed by atoms with Crippen LogP contribution in [0.15, 0.2) is 57.2 Å². The molecule has 24 heavy (non-hydrogen) atoms. The highest BCUT2D eigenvalue weighted by Gasteiger charge is 2.20. The lowest BCUT2D eigenvalue weighted by molar-refractivity contribution is 0.598. The molecule has 2 aromatic rings. The van der Waals surface area contributed by atoms with E-state index in [9.17, 15) is 21.2 Å². The molecule has 2 aromatic carbocycles. The smallest absolute Gasteiger partial charge is 0.176 e. The molecule has 0 saturated carbocycles. The summed E-state index contributed by atoms with van der Waals surface area (Å²) in [4.78, 5) is 0.396. The zero-order chi connectivity index (χ0) is 18.1. The first kappa shape index (κ1) is 19.0. The van der Waals surface area contributed by atoms with Crippen molar-refractivity contribution < 1.29 is 21.2 Å². The van der Waals surface area contributed by atoms with E-state index in [0.717, 1.165) is 18.1 Å². The summed E-state index contributed by atoms with van der Waals surface area (Å²) in [5.74, 6) is -0.342. The van der Waals surface area contributed by atoms with Gasteiger partial charge in [0.05, 0.1) is 9.79 Å². The van der Waals surface area contributed by atoms with Crippen LogP contribution in [0.2, 0.25) is 0 Å². The Bertz CT molecular complexity index is 949. The first-order valence-corrected chi connectivity index (χ1v) is 11.6. The first-order valence-electron chi connectivity index (χ1n) is 6.95. The second-order valence-electron chi connectivity index (χ2n) is 5.46. The van der Waals surface area contributed by atoms with Crippen LogP contribution in [0.3, 0.4) is 0 Å². The number of thioether (sulfide) groups is 1. The number of halogens is 1. The molecule has 0 saturated heterocycles. The highest BCUT2D eigenvalue weighted by atomic mass is 32.2. The van der Waals surface area contributed by atoms with E-state index in [0.29, 0.717) is 4.90 Å². The van der Waals surface area contributed by atoms with Gasteiger partial charge in [-0.2, -0.15) is 0 Å². The molecule has 0 N–H and O–H groups in total. The van der Waals surface area contributed by atoms with Crippen molar-refractivity contribution in [3.8, 4) is 0 Å². The van der Waals surface area contributed by atoms with Crippen molar-refractivity contribution in [2.75, 3.05) is 12.5 Å². The zero-order valence-electron chi connectivity index (χ0n) is 13.4. The fourth-order valence-corrected chi connectivity index (χ4v) is 5.19. The second-order valence-corrected chi connectivity index (χ2v) is 10.8. The van der Waals surface area contributed by atoms with Crippen molar-refractivity contribution in [1.82, 2.24) is 0 Å². The summed E-state index contributed by atoms with van der Waals surface area (Å²) in [6, 6.07) is 10.0. The van der Waals surface area contributed by atoms with Crippen LogP contribution in [0, 0.1) is 5.82 Å². The van der Waals surface area contributed by atoms with Crippen LogP contribution >= 0.6 is 11.8 Å².